The van der Waals surface area contributed by atoms with Gasteiger partial charge >= 0.3 is 0 Å². The zero-order valence-electron chi connectivity index (χ0n) is 10.9. The number of hydrogen-bond donors (Lipinski definition) is 2. The van der Waals surface area contributed by atoms with E-state index in [4.69, 9.17) is 10.5 Å². The molecule has 0 aliphatic heterocycles. The van der Waals surface area contributed by atoms with Crippen LogP contribution in [0.2, 0.25) is 0 Å². The van der Waals surface area contributed by atoms with Gasteiger partial charge in [-0.15, -0.1) is 0 Å². The maximum atomic E-state index is 12.1. The molecule has 0 bridgehead atoms. The number of carbonyl (C=O) groups is 1. The molecule has 1 aromatic carbocycles. The van der Waals surface area contributed by atoms with Crippen LogP contribution in [-0.2, 0) is 4.79 Å². The monoisotopic (exact) mass is 248 g/mol. The van der Waals surface area contributed by atoms with E-state index in [2.05, 4.69) is 5.32 Å². The molecule has 98 valence electrons. The molecular formula is C14H20N2O2. The van der Waals surface area contributed by atoms with E-state index < -0.39 is 5.54 Å². The van der Waals surface area contributed by atoms with E-state index in [1.807, 2.05) is 31.2 Å². The van der Waals surface area contributed by atoms with E-state index in [0.717, 1.165) is 30.6 Å². The summed E-state index contributed by atoms with van der Waals surface area (Å²) in [4.78, 5) is 12.1. The topological polar surface area (TPSA) is 64.3 Å². The second-order valence-corrected chi connectivity index (χ2v) is 4.95. The van der Waals surface area contributed by atoms with Crippen molar-refractivity contribution in [1.82, 2.24) is 5.32 Å². The first kappa shape index (κ1) is 12.9. The fourth-order valence-corrected chi connectivity index (χ4v) is 2.23. The van der Waals surface area contributed by atoms with Crippen molar-refractivity contribution in [1.29, 1.82) is 0 Å². The molecule has 3 N–H and O–H groups in total. The number of nitrogens with two attached hydrogens (primary N) is 1. The number of hydrogen-bond acceptors (Lipinski definition) is 3. The molecule has 1 aromatic rings. The third-order valence-electron chi connectivity index (χ3n) is 3.65. The van der Waals surface area contributed by atoms with Gasteiger partial charge in [0, 0.05) is 5.56 Å². The SMILES string of the molecule is COc1ccccc1[C@@H](C)NC(=O)C1(N)CCC1. The van der Waals surface area contributed by atoms with Gasteiger partial charge in [-0.2, -0.15) is 0 Å². The summed E-state index contributed by atoms with van der Waals surface area (Å²) in [6.07, 6.45) is 2.59. The summed E-state index contributed by atoms with van der Waals surface area (Å²) in [5.74, 6) is 0.720. The molecule has 1 atom stereocenters. The van der Waals surface area contributed by atoms with Gasteiger partial charge in [-0.25, -0.2) is 0 Å². The fraction of sp³-hybridized carbons (Fsp3) is 0.500. The Morgan fingerprint density at radius 3 is 2.67 bits per heavy atom. The van der Waals surface area contributed by atoms with Gasteiger partial charge in [-0.05, 0) is 32.3 Å². The molecule has 1 fully saturated rings. The lowest BCUT2D eigenvalue weighted by atomic mass is 9.77. The highest BCUT2D eigenvalue weighted by Crippen LogP contribution is 2.31. The number of nitrogens with one attached hydrogen (secondary N) is 1. The zero-order chi connectivity index (χ0) is 13.2. The molecule has 1 saturated carbocycles. The number of methoxy groups -OCH3 is 1. The first-order valence-electron chi connectivity index (χ1n) is 6.29. The molecule has 0 heterocycles. The van der Waals surface area contributed by atoms with Gasteiger partial charge in [0.15, 0.2) is 0 Å². The van der Waals surface area contributed by atoms with Crippen LogP contribution < -0.4 is 15.8 Å². The van der Waals surface area contributed by atoms with Crippen molar-refractivity contribution < 1.29 is 9.53 Å². The molecule has 1 amide bonds. The van der Waals surface area contributed by atoms with Crippen LogP contribution >= 0.6 is 0 Å². The van der Waals surface area contributed by atoms with E-state index in [1.54, 1.807) is 7.11 Å². The minimum atomic E-state index is -0.656. The summed E-state index contributed by atoms with van der Waals surface area (Å²) in [7, 11) is 1.63. The molecule has 4 nitrogen and oxygen atoms in total. The molecular weight excluding hydrogens is 228 g/mol. The average molecular weight is 248 g/mol. The average Bonchev–Trinajstić information content (AvgIpc) is 2.35. The predicted octanol–water partition coefficient (Wildman–Crippen LogP) is 1.75. The maximum Gasteiger partial charge on any atom is 0.240 e. The number of ether oxygens (including phenoxy) is 1. The Hall–Kier alpha value is -1.55. The first-order valence-corrected chi connectivity index (χ1v) is 6.29. The van der Waals surface area contributed by atoms with Crippen LogP contribution in [0, 0.1) is 0 Å². The van der Waals surface area contributed by atoms with E-state index in [0.29, 0.717) is 0 Å². The smallest absolute Gasteiger partial charge is 0.240 e. The van der Waals surface area contributed by atoms with Gasteiger partial charge in [0.1, 0.15) is 5.75 Å². The van der Waals surface area contributed by atoms with Crippen molar-refractivity contribution in [3.63, 3.8) is 0 Å². The second-order valence-electron chi connectivity index (χ2n) is 4.95. The van der Waals surface area contributed by atoms with Crippen LogP contribution in [-0.4, -0.2) is 18.6 Å². The number of para-hydroxylation sites is 1. The van der Waals surface area contributed by atoms with E-state index in [1.165, 1.54) is 0 Å². The van der Waals surface area contributed by atoms with E-state index in [-0.39, 0.29) is 11.9 Å². The summed E-state index contributed by atoms with van der Waals surface area (Å²) in [6, 6.07) is 7.58. The molecule has 18 heavy (non-hydrogen) atoms. The molecule has 0 unspecified atom stereocenters. The number of rotatable bonds is 4. The molecule has 2 rings (SSSR count). The highest BCUT2D eigenvalue weighted by molar-refractivity contribution is 5.87. The summed E-state index contributed by atoms with van der Waals surface area (Å²) >= 11 is 0. The lowest BCUT2D eigenvalue weighted by molar-refractivity contribution is -0.129. The van der Waals surface area contributed by atoms with E-state index in [9.17, 15) is 4.79 Å². The Bertz CT molecular complexity index is 441. The van der Waals surface area contributed by atoms with Crippen molar-refractivity contribution in [2.24, 2.45) is 5.73 Å². The van der Waals surface area contributed by atoms with Crippen molar-refractivity contribution in [2.75, 3.05) is 7.11 Å². The third kappa shape index (κ3) is 2.34. The Kier molecular flexibility index (Phi) is 3.57. The highest BCUT2D eigenvalue weighted by Gasteiger charge is 2.40. The number of carbonyl (C=O) groups excluding carboxylic acids is 1. The second kappa shape index (κ2) is 4.98. The zero-order valence-corrected chi connectivity index (χ0v) is 10.9. The minimum Gasteiger partial charge on any atom is -0.496 e. The predicted molar refractivity (Wildman–Crippen MR) is 70.3 cm³/mol. The van der Waals surface area contributed by atoms with Crippen LogP contribution in [0.3, 0.4) is 0 Å². The number of benzene rings is 1. The summed E-state index contributed by atoms with van der Waals surface area (Å²) in [6.45, 7) is 1.94. The summed E-state index contributed by atoms with van der Waals surface area (Å²) in [5, 5.41) is 2.97. The van der Waals surface area contributed by atoms with Crippen LogP contribution in [0.25, 0.3) is 0 Å². The lowest BCUT2D eigenvalue weighted by Crippen LogP contribution is -2.58. The third-order valence-corrected chi connectivity index (χ3v) is 3.65. The van der Waals surface area contributed by atoms with Crippen LogP contribution in [0.4, 0.5) is 0 Å². The molecule has 0 radical (unpaired) electrons. The number of amides is 1. The van der Waals surface area contributed by atoms with Gasteiger partial charge in [0.25, 0.3) is 0 Å². The van der Waals surface area contributed by atoms with Gasteiger partial charge in [0.2, 0.25) is 5.91 Å². The van der Waals surface area contributed by atoms with Crippen molar-refractivity contribution in [3.05, 3.63) is 29.8 Å². The van der Waals surface area contributed by atoms with Crippen LogP contribution in [0.15, 0.2) is 24.3 Å². The minimum absolute atomic E-state index is 0.0628. The molecule has 1 aliphatic rings. The Labute approximate surface area is 108 Å². The highest BCUT2D eigenvalue weighted by atomic mass is 16.5. The summed E-state index contributed by atoms with van der Waals surface area (Å²) < 4.78 is 5.29. The van der Waals surface area contributed by atoms with Gasteiger partial charge in [-0.1, -0.05) is 18.2 Å². The van der Waals surface area contributed by atoms with Crippen LogP contribution in [0.5, 0.6) is 5.75 Å². The van der Waals surface area contributed by atoms with Crippen LogP contribution in [0.1, 0.15) is 37.8 Å². The molecule has 0 spiro atoms. The largest absolute Gasteiger partial charge is 0.496 e. The lowest BCUT2D eigenvalue weighted by Gasteiger charge is -2.37. The normalized spacial score (nSPS) is 18.6. The van der Waals surface area contributed by atoms with Crippen molar-refractivity contribution in [3.8, 4) is 5.75 Å². The molecule has 0 saturated heterocycles. The van der Waals surface area contributed by atoms with Gasteiger partial charge < -0.3 is 15.8 Å². The van der Waals surface area contributed by atoms with E-state index >= 15 is 0 Å². The molecule has 0 aromatic heterocycles. The molecule has 4 heteroatoms. The van der Waals surface area contributed by atoms with Crippen molar-refractivity contribution >= 4 is 5.91 Å². The van der Waals surface area contributed by atoms with Crippen molar-refractivity contribution in [2.45, 2.75) is 37.8 Å². The van der Waals surface area contributed by atoms with Gasteiger partial charge in [0.05, 0.1) is 18.7 Å². The summed E-state index contributed by atoms with van der Waals surface area (Å²) in [5.41, 5.74) is 6.31. The standard InChI is InChI=1S/C14H20N2O2/c1-10(11-6-3-4-7-12(11)18-2)16-13(17)14(15)8-5-9-14/h3-4,6-7,10H,5,8-9,15H2,1-2H3,(H,16,17)/t10-/m1/s1. The quantitative estimate of drug-likeness (QED) is 0.853. The fourth-order valence-electron chi connectivity index (χ4n) is 2.23. The Morgan fingerprint density at radius 1 is 1.44 bits per heavy atom. The molecule has 1 aliphatic carbocycles. The first-order chi connectivity index (χ1) is 8.57. The van der Waals surface area contributed by atoms with Gasteiger partial charge in [-0.3, -0.25) is 4.79 Å². The Balaban J connectivity index is 2.07. The Morgan fingerprint density at radius 2 is 2.11 bits per heavy atom. The maximum absolute atomic E-state index is 12.1.